The van der Waals surface area contributed by atoms with Crippen LogP contribution < -0.4 is 5.48 Å². The maximum absolute atomic E-state index is 12.2. The first-order chi connectivity index (χ1) is 12.8. The Kier molecular flexibility index (Phi) is 4.47. The van der Waals surface area contributed by atoms with Crippen LogP contribution in [-0.2, 0) is 11.2 Å². The van der Waals surface area contributed by atoms with Crippen molar-refractivity contribution in [1.82, 2.24) is 20.7 Å². The molecule has 2 aromatic carbocycles. The van der Waals surface area contributed by atoms with Gasteiger partial charge in [-0.25, -0.2) is 5.48 Å². The summed E-state index contributed by atoms with van der Waals surface area (Å²) in [4.78, 5) is 15.4. The van der Waals surface area contributed by atoms with Gasteiger partial charge in [-0.15, -0.1) is 10.2 Å². The molecule has 3 N–H and O–H groups in total. The highest BCUT2D eigenvalue weighted by Gasteiger charge is 2.26. The van der Waals surface area contributed by atoms with E-state index in [0.717, 1.165) is 27.0 Å². The molecule has 1 atom stereocenters. The van der Waals surface area contributed by atoms with Crippen molar-refractivity contribution in [1.29, 1.82) is 0 Å². The van der Waals surface area contributed by atoms with Crippen LogP contribution in [0, 0.1) is 0 Å². The Morgan fingerprint density at radius 3 is 2.69 bits per heavy atom. The van der Waals surface area contributed by atoms with Crippen LogP contribution >= 0.6 is 11.3 Å². The summed E-state index contributed by atoms with van der Waals surface area (Å²) >= 11 is 1.38. The fraction of sp³-hybridized carbons (Fsp3) is 0.105. The molecule has 130 valence electrons. The molecule has 2 aromatic heterocycles. The zero-order chi connectivity index (χ0) is 17.9. The molecule has 0 aliphatic heterocycles. The van der Waals surface area contributed by atoms with E-state index in [1.165, 1.54) is 11.3 Å². The molecule has 0 saturated carbocycles. The van der Waals surface area contributed by atoms with Gasteiger partial charge >= 0.3 is 0 Å². The van der Waals surface area contributed by atoms with E-state index >= 15 is 0 Å². The smallest absolute Gasteiger partial charge is 0.257 e. The summed E-state index contributed by atoms with van der Waals surface area (Å²) < 4.78 is 0. The average Bonchev–Trinajstić information content (AvgIpc) is 3.31. The molecule has 0 aliphatic rings. The first-order valence-corrected chi connectivity index (χ1v) is 8.94. The summed E-state index contributed by atoms with van der Waals surface area (Å²) in [5.41, 5.74) is 4.70. The molecule has 0 saturated heterocycles. The SMILES string of the molecule is O=C(NO)C(c1ccccc1)c1nnc(Cc2c[nH]c3ccccc23)s1. The Bertz CT molecular complexity index is 1040. The summed E-state index contributed by atoms with van der Waals surface area (Å²) in [5, 5.41) is 20.1. The highest BCUT2D eigenvalue weighted by Crippen LogP contribution is 2.29. The van der Waals surface area contributed by atoms with Crippen molar-refractivity contribution in [3.63, 3.8) is 0 Å². The largest absolute Gasteiger partial charge is 0.361 e. The molecule has 0 bridgehead atoms. The number of benzene rings is 2. The van der Waals surface area contributed by atoms with Crippen LogP contribution in [0.25, 0.3) is 10.9 Å². The lowest BCUT2D eigenvalue weighted by Gasteiger charge is -2.11. The molecule has 0 fully saturated rings. The van der Waals surface area contributed by atoms with Crippen molar-refractivity contribution in [3.8, 4) is 0 Å². The monoisotopic (exact) mass is 364 g/mol. The van der Waals surface area contributed by atoms with Crippen molar-refractivity contribution >= 4 is 28.1 Å². The molecule has 4 aromatic rings. The van der Waals surface area contributed by atoms with Crippen LogP contribution in [-0.4, -0.2) is 26.3 Å². The number of aromatic nitrogens is 3. The number of hydroxylamine groups is 1. The fourth-order valence-corrected chi connectivity index (χ4v) is 4.00. The van der Waals surface area contributed by atoms with E-state index < -0.39 is 11.8 Å². The van der Waals surface area contributed by atoms with Crippen molar-refractivity contribution < 1.29 is 10.0 Å². The second-order valence-electron chi connectivity index (χ2n) is 5.89. The third-order valence-corrected chi connectivity index (χ3v) is 5.24. The number of carbonyl (C=O) groups is 1. The van der Waals surface area contributed by atoms with E-state index in [2.05, 4.69) is 21.2 Å². The number of hydrogen-bond donors (Lipinski definition) is 3. The number of carbonyl (C=O) groups excluding carboxylic acids is 1. The number of hydrogen-bond acceptors (Lipinski definition) is 5. The van der Waals surface area contributed by atoms with Crippen molar-refractivity contribution in [2.75, 3.05) is 0 Å². The van der Waals surface area contributed by atoms with Gasteiger partial charge in [0.25, 0.3) is 5.91 Å². The summed E-state index contributed by atoms with van der Waals surface area (Å²) in [7, 11) is 0. The molecule has 6 nitrogen and oxygen atoms in total. The first kappa shape index (κ1) is 16.4. The van der Waals surface area contributed by atoms with E-state index in [4.69, 9.17) is 5.21 Å². The Balaban J connectivity index is 1.64. The van der Waals surface area contributed by atoms with Crippen molar-refractivity contribution in [2.45, 2.75) is 12.3 Å². The quantitative estimate of drug-likeness (QED) is 0.374. The lowest BCUT2D eigenvalue weighted by Crippen LogP contribution is -2.27. The normalized spacial score (nSPS) is 12.2. The van der Waals surface area contributed by atoms with Crippen molar-refractivity contribution in [3.05, 3.63) is 81.9 Å². The molecule has 7 heteroatoms. The minimum absolute atomic E-state index is 0.522. The van der Waals surface area contributed by atoms with Crippen LogP contribution in [0.5, 0.6) is 0 Å². The van der Waals surface area contributed by atoms with Gasteiger partial charge in [-0.1, -0.05) is 59.9 Å². The van der Waals surface area contributed by atoms with Gasteiger partial charge < -0.3 is 4.98 Å². The Hall–Kier alpha value is -3.03. The van der Waals surface area contributed by atoms with Crippen LogP contribution in [0.15, 0.2) is 60.8 Å². The second-order valence-corrected chi connectivity index (χ2v) is 6.98. The second kappa shape index (κ2) is 7.07. The minimum Gasteiger partial charge on any atom is -0.361 e. The third kappa shape index (κ3) is 3.10. The highest BCUT2D eigenvalue weighted by molar-refractivity contribution is 7.11. The molecule has 0 spiro atoms. The first-order valence-electron chi connectivity index (χ1n) is 8.12. The van der Waals surface area contributed by atoms with E-state index in [0.29, 0.717) is 11.4 Å². The highest BCUT2D eigenvalue weighted by atomic mass is 32.1. The van der Waals surface area contributed by atoms with Gasteiger partial charge in [0, 0.05) is 23.5 Å². The molecule has 4 rings (SSSR count). The number of aromatic amines is 1. The van der Waals surface area contributed by atoms with Gasteiger partial charge in [0.2, 0.25) is 0 Å². The maximum atomic E-state index is 12.2. The predicted octanol–water partition coefficient (Wildman–Crippen LogP) is 3.25. The van der Waals surface area contributed by atoms with E-state index in [-0.39, 0.29) is 0 Å². The van der Waals surface area contributed by atoms with Crippen LogP contribution in [0.1, 0.15) is 27.1 Å². The standard InChI is InChI=1S/C19H16N4O2S/c24-18(23-25)17(12-6-2-1-3-7-12)19-22-21-16(26-19)10-13-11-20-15-9-5-4-8-14(13)15/h1-9,11,17,20,25H,10H2,(H,23,24). The minimum atomic E-state index is -0.685. The fourth-order valence-electron chi connectivity index (χ4n) is 3.01. The number of rotatable bonds is 5. The third-order valence-electron chi connectivity index (χ3n) is 4.25. The van der Waals surface area contributed by atoms with Gasteiger partial charge in [-0.05, 0) is 17.2 Å². The molecule has 0 radical (unpaired) electrons. The van der Waals surface area contributed by atoms with Crippen LogP contribution in [0.4, 0.5) is 0 Å². The summed E-state index contributed by atoms with van der Waals surface area (Å²) in [6.07, 6.45) is 2.60. The topological polar surface area (TPSA) is 90.9 Å². The van der Waals surface area contributed by atoms with E-state index in [1.54, 1.807) is 5.48 Å². The Morgan fingerprint density at radius 2 is 1.88 bits per heavy atom. The lowest BCUT2D eigenvalue weighted by molar-refractivity contribution is -0.129. The van der Waals surface area contributed by atoms with Gasteiger partial charge in [0.05, 0.1) is 0 Å². The summed E-state index contributed by atoms with van der Waals surface area (Å²) in [5.74, 6) is -1.21. The van der Waals surface area contributed by atoms with Crippen LogP contribution in [0.3, 0.4) is 0 Å². The average molecular weight is 364 g/mol. The molecule has 0 aliphatic carbocycles. The lowest BCUT2D eigenvalue weighted by atomic mass is 9.99. The van der Waals surface area contributed by atoms with Crippen molar-refractivity contribution in [2.24, 2.45) is 0 Å². The molecule has 1 unspecified atom stereocenters. The number of amides is 1. The van der Waals surface area contributed by atoms with E-state index in [1.807, 2.05) is 54.7 Å². The number of nitrogens with zero attached hydrogens (tertiary/aromatic N) is 2. The number of para-hydroxylation sites is 1. The Labute approximate surface area is 153 Å². The number of nitrogens with one attached hydrogen (secondary N) is 2. The van der Waals surface area contributed by atoms with Crippen LogP contribution in [0.2, 0.25) is 0 Å². The summed E-state index contributed by atoms with van der Waals surface area (Å²) in [6.45, 7) is 0. The zero-order valence-electron chi connectivity index (χ0n) is 13.7. The van der Waals surface area contributed by atoms with Gasteiger partial charge in [0.1, 0.15) is 15.9 Å². The van der Waals surface area contributed by atoms with Gasteiger partial charge in [0.15, 0.2) is 0 Å². The Morgan fingerprint density at radius 1 is 1.12 bits per heavy atom. The molecule has 2 heterocycles. The molecule has 1 amide bonds. The summed E-state index contributed by atoms with van der Waals surface area (Å²) in [6, 6.07) is 17.3. The number of fused-ring (bicyclic) bond motifs is 1. The van der Waals surface area contributed by atoms with E-state index in [9.17, 15) is 4.79 Å². The number of H-pyrrole nitrogens is 1. The van der Waals surface area contributed by atoms with Gasteiger partial charge in [-0.3, -0.25) is 10.0 Å². The van der Waals surface area contributed by atoms with Gasteiger partial charge in [-0.2, -0.15) is 0 Å². The zero-order valence-corrected chi connectivity index (χ0v) is 14.5. The molecule has 26 heavy (non-hydrogen) atoms. The molecular formula is C19H16N4O2S. The predicted molar refractivity (Wildman–Crippen MR) is 99.2 cm³/mol. The maximum Gasteiger partial charge on any atom is 0.257 e. The molecular weight excluding hydrogens is 348 g/mol.